The molecule has 0 bridgehead atoms. The second-order valence-corrected chi connectivity index (χ2v) is 3.35. The third-order valence-electron chi connectivity index (χ3n) is 1.57. The van der Waals surface area contributed by atoms with Gasteiger partial charge in [0.1, 0.15) is 12.0 Å². The molecule has 0 saturated carbocycles. The summed E-state index contributed by atoms with van der Waals surface area (Å²) in [6.45, 7) is 3.46. The van der Waals surface area contributed by atoms with Crippen LogP contribution in [0, 0.1) is 0 Å². The molecule has 0 spiro atoms. The molecule has 0 amide bonds. The first-order valence-corrected chi connectivity index (χ1v) is 4.69. The van der Waals surface area contributed by atoms with Crippen molar-refractivity contribution in [2.75, 3.05) is 0 Å². The van der Waals surface area contributed by atoms with Crippen molar-refractivity contribution in [2.24, 2.45) is 0 Å². The van der Waals surface area contributed by atoms with Gasteiger partial charge in [-0.25, -0.2) is 4.79 Å². The van der Waals surface area contributed by atoms with Gasteiger partial charge >= 0.3 is 5.97 Å². The smallest absolute Gasteiger partial charge is 0.331 e. The van der Waals surface area contributed by atoms with Gasteiger partial charge in [-0.15, -0.1) is 0 Å². The van der Waals surface area contributed by atoms with Crippen LogP contribution in [0.4, 0.5) is 0 Å². The molecule has 1 aromatic heterocycles. The van der Waals surface area contributed by atoms with E-state index in [1.165, 1.54) is 6.08 Å². The fourth-order valence-electron chi connectivity index (χ4n) is 0.928. The van der Waals surface area contributed by atoms with Gasteiger partial charge in [0.25, 0.3) is 0 Å². The molecule has 86 valence electrons. The molecule has 0 fully saturated rings. The van der Waals surface area contributed by atoms with Crippen LogP contribution < -0.4 is 5.43 Å². The standard InChI is InChI=1S/C11H12O5/c1-7(2)16-11(14)4-3-8-5-9(12)10(13)6-15-8/h3-7,13H,1-2H3/b4-3+. The number of carbonyl (C=O) groups excluding carboxylic acids is 1. The van der Waals surface area contributed by atoms with Gasteiger partial charge in [-0.1, -0.05) is 0 Å². The van der Waals surface area contributed by atoms with E-state index in [-0.39, 0.29) is 11.9 Å². The first-order chi connectivity index (χ1) is 7.49. The number of carbonyl (C=O) groups is 1. The van der Waals surface area contributed by atoms with Gasteiger partial charge < -0.3 is 14.3 Å². The van der Waals surface area contributed by atoms with Gasteiger partial charge in [0, 0.05) is 12.1 Å². The van der Waals surface area contributed by atoms with Crippen LogP contribution in [0.1, 0.15) is 19.6 Å². The molecular weight excluding hydrogens is 212 g/mol. The molecule has 1 heterocycles. The van der Waals surface area contributed by atoms with E-state index in [1.54, 1.807) is 13.8 Å². The van der Waals surface area contributed by atoms with Gasteiger partial charge in [0.2, 0.25) is 5.43 Å². The normalized spacial score (nSPS) is 10.9. The zero-order valence-electron chi connectivity index (χ0n) is 8.97. The molecule has 0 unspecified atom stereocenters. The number of rotatable bonds is 3. The Labute approximate surface area is 92.0 Å². The largest absolute Gasteiger partial charge is 0.502 e. The third-order valence-corrected chi connectivity index (χ3v) is 1.57. The predicted molar refractivity (Wildman–Crippen MR) is 56.9 cm³/mol. The number of aromatic hydroxyl groups is 1. The Kier molecular flexibility index (Phi) is 3.88. The van der Waals surface area contributed by atoms with Crippen molar-refractivity contribution in [3.05, 3.63) is 34.4 Å². The number of hydrogen-bond donors (Lipinski definition) is 1. The lowest BCUT2D eigenvalue weighted by atomic mass is 10.3. The van der Waals surface area contributed by atoms with Crippen LogP contribution in [0.3, 0.4) is 0 Å². The van der Waals surface area contributed by atoms with Gasteiger partial charge in [-0.3, -0.25) is 4.79 Å². The van der Waals surface area contributed by atoms with Crippen LogP contribution in [-0.2, 0) is 9.53 Å². The highest BCUT2D eigenvalue weighted by Gasteiger charge is 2.02. The number of ether oxygens (including phenoxy) is 1. The Hall–Kier alpha value is -2.04. The van der Waals surface area contributed by atoms with Crippen LogP contribution >= 0.6 is 0 Å². The van der Waals surface area contributed by atoms with E-state index in [2.05, 4.69) is 0 Å². The second kappa shape index (κ2) is 5.16. The zero-order valence-corrected chi connectivity index (χ0v) is 8.97. The molecule has 0 aliphatic carbocycles. The Morgan fingerprint density at radius 3 is 2.81 bits per heavy atom. The number of hydrogen-bond acceptors (Lipinski definition) is 5. The van der Waals surface area contributed by atoms with Crippen LogP contribution in [0.15, 0.2) is 27.6 Å². The number of esters is 1. The Balaban J connectivity index is 2.73. The summed E-state index contributed by atoms with van der Waals surface area (Å²) in [6, 6.07) is 1.08. The van der Waals surface area contributed by atoms with E-state index in [1.807, 2.05) is 0 Å². The van der Waals surface area contributed by atoms with Crippen molar-refractivity contribution in [2.45, 2.75) is 20.0 Å². The van der Waals surface area contributed by atoms with E-state index >= 15 is 0 Å². The SMILES string of the molecule is CC(C)OC(=O)/C=C/c1cc(=O)c(O)co1. The lowest BCUT2D eigenvalue weighted by Gasteiger charge is -2.03. The molecule has 5 nitrogen and oxygen atoms in total. The highest BCUT2D eigenvalue weighted by molar-refractivity contribution is 5.86. The molecule has 5 heteroatoms. The molecule has 0 aliphatic heterocycles. The molecule has 1 aromatic rings. The second-order valence-electron chi connectivity index (χ2n) is 3.35. The maximum Gasteiger partial charge on any atom is 0.331 e. The van der Waals surface area contributed by atoms with Crippen molar-refractivity contribution >= 4 is 12.0 Å². The van der Waals surface area contributed by atoms with Crippen molar-refractivity contribution < 1.29 is 19.1 Å². The minimum absolute atomic E-state index is 0.170. The summed E-state index contributed by atoms with van der Waals surface area (Å²) in [5.74, 6) is -0.823. The summed E-state index contributed by atoms with van der Waals surface area (Å²) in [4.78, 5) is 22.1. The zero-order chi connectivity index (χ0) is 12.1. The van der Waals surface area contributed by atoms with Crippen LogP contribution in [0.5, 0.6) is 5.75 Å². The minimum Gasteiger partial charge on any atom is -0.502 e. The molecule has 0 saturated heterocycles. The van der Waals surface area contributed by atoms with Gasteiger partial charge in [0.05, 0.1) is 6.10 Å². The van der Waals surface area contributed by atoms with Crippen molar-refractivity contribution in [3.8, 4) is 5.75 Å². The van der Waals surface area contributed by atoms with E-state index < -0.39 is 17.1 Å². The molecule has 0 radical (unpaired) electrons. The Morgan fingerprint density at radius 1 is 1.56 bits per heavy atom. The molecule has 16 heavy (non-hydrogen) atoms. The summed E-state index contributed by atoms with van der Waals surface area (Å²) in [5, 5.41) is 8.92. The highest BCUT2D eigenvalue weighted by Crippen LogP contribution is 2.05. The monoisotopic (exact) mass is 224 g/mol. The molecular formula is C11H12O5. The Morgan fingerprint density at radius 2 is 2.25 bits per heavy atom. The molecule has 0 aliphatic rings. The van der Waals surface area contributed by atoms with Crippen LogP contribution in [0.25, 0.3) is 6.08 Å². The third kappa shape index (κ3) is 3.61. The van der Waals surface area contributed by atoms with Crippen LogP contribution in [0.2, 0.25) is 0 Å². The average molecular weight is 224 g/mol. The van der Waals surface area contributed by atoms with Gasteiger partial charge in [-0.05, 0) is 19.9 Å². The van der Waals surface area contributed by atoms with Crippen LogP contribution in [-0.4, -0.2) is 17.2 Å². The quantitative estimate of drug-likeness (QED) is 0.618. The maximum atomic E-state index is 11.1. The highest BCUT2D eigenvalue weighted by atomic mass is 16.5. The van der Waals surface area contributed by atoms with Gasteiger partial charge in [-0.2, -0.15) is 0 Å². The van der Waals surface area contributed by atoms with Crippen molar-refractivity contribution in [3.63, 3.8) is 0 Å². The summed E-state index contributed by atoms with van der Waals surface area (Å²) in [7, 11) is 0. The van der Waals surface area contributed by atoms with E-state index in [0.717, 1.165) is 18.4 Å². The first kappa shape index (κ1) is 12.0. The molecule has 1 rings (SSSR count). The Bertz CT molecular complexity index is 456. The van der Waals surface area contributed by atoms with E-state index in [4.69, 9.17) is 14.3 Å². The molecule has 0 atom stereocenters. The topological polar surface area (TPSA) is 76.7 Å². The average Bonchev–Trinajstić information content (AvgIpc) is 2.19. The van der Waals surface area contributed by atoms with Gasteiger partial charge in [0.15, 0.2) is 5.75 Å². The lowest BCUT2D eigenvalue weighted by molar-refractivity contribution is -0.141. The van der Waals surface area contributed by atoms with Crippen molar-refractivity contribution in [1.29, 1.82) is 0 Å². The fraction of sp³-hybridized carbons (Fsp3) is 0.273. The fourth-order valence-corrected chi connectivity index (χ4v) is 0.928. The summed E-state index contributed by atoms with van der Waals surface area (Å²) < 4.78 is 9.68. The predicted octanol–water partition coefficient (Wildman–Crippen LogP) is 1.31. The molecule has 1 N–H and O–H groups in total. The van der Waals surface area contributed by atoms with Crippen molar-refractivity contribution in [1.82, 2.24) is 0 Å². The summed E-state index contributed by atoms with van der Waals surface area (Å²) in [6.07, 6.45) is 3.15. The summed E-state index contributed by atoms with van der Waals surface area (Å²) >= 11 is 0. The lowest BCUT2D eigenvalue weighted by Crippen LogP contribution is -2.08. The maximum absolute atomic E-state index is 11.1. The van der Waals surface area contributed by atoms with E-state index in [9.17, 15) is 9.59 Å². The van der Waals surface area contributed by atoms with E-state index in [0.29, 0.717) is 0 Å². The molecule has 0 aromatic carbocycles. The summed E-state index contributed by atoms with van der Waals surface area (Å²) in [5.41, 5.74) is -0.567. The first-order valence-electron chi connectivity index (χ1n) is 4.69. The minimum atomic E-state index is -0.567.